The molecule has 12 heterocycles. The number of fused-ring (bicyclic) bond motifs is 4. The van der Waals surface area contributed by atoms with Crippen LogP contribution in [0.4, 0.5) is 22.7 Å². The van der Waals surface area contributed by atoms with Crippen LogP contribution in [0.5, 0.6) is 0 Å². The van der Waals surface area contributed by atoms with E-state index >= 15 is 0 Å². The molecule has 0 bridgehead atoms. The Kier molecular flexibility index (Phi) is 23.1. The van der Waals surface area contributed by atoms with Crippen molar-refractivity contribution in [1.29, 1.82) is 0 Å². The van der Waals surface area contributed by atoms with Crippen molar-refractivity contribution in [3.63, 3.8) is 0 Å². The summed E-state index contributed by atoms with van der Waals surface area (Å²) in [7, 11) is 0. The van der Waals surface area contributed by atoms with Gasteiger partial charge in [-0.2, -0.15) is 0 Å². The number of aliphatic hydroxyl groups excluding tert-OH is 4. The summed E-state index contributed by atoms with van der Waals surface area (Å²) < 4.78 is 31.7. The SMILES string of the molecule is C=P(C)(C)CC[C@H]1O[C@@H](n2cnc3c(N)ccnc32)[C@H](Br)[C@@H]1O.C=P(C)(C)CC[C@H]1O[C@@H](n2cnc3c(N)ccnc32)[C@H](C)[C@@H]1O.C=P(C)(C)CC[C@H]1O[C@@H](n2cnc3c(N)ccnc32)[C@H](Cl)[C@@H]1O.C=P(C)(C)CC[C@H]1O[C@@H](n2cnc3c(N)ccnc32)[C@H](I)[C@@H]1O. The molecule has 0 aliphatic carbocycles. The minimum Gasteiger partial charge on any atom is -0.397 e. The molecule has 0 amide bonds. The number of rotatable bonds is 16. The molecule has 92 heavy (non-hydrogen) atoms. The zero-order chi connectivity index (χ0) is 67.1. The summed E-state index contributed by atoms with van der Waals surface area (Å²) in [5.41, 5.74) is 31.3. The third-order valence-electron chi connectivity index (χ3n) is 16.7. The Morgan fingerprint density at radius 3 is 1.11 bits per heavy atom. The Morgan fingerprint density at radius 1 is 0.457 bits per heavy atom. The van der Waals surface area contributed by atoms with Crippen LogP contribution >= 0.6 is 77.7 Å². The maximum Gasteiger partial charge on any atom is 0.164 e. The number of ether oxygens (including phenoxy) is 4. The van der Waals surface area contributed by atoms with Crippen LogP contribution in [0.1, 0.15) is 57.5 Å². The van der Waals surface area contributed by atoms with E-state index in [1.807, 2.05) is 20.6 Å². The fraction of sp³-hybridized carbons (Fsp3) is 0.541. The second kappa shape index (κ2) is 29.4. The maximum absolute atomic E-state index is 10.5. The van der Waals surface area contributed by atoms with Crippen LogP contribution in [0, 0.1) is 5.92 Å². The summed E-state index contributed by atoms with van der Waals surface area (Å²) in [6.07, 6.45) is 32.6. The van der Waals surface area contributed by atoms with Crippen LogP contribution in [-0.4, -0.2) is 245 Å². The zero-order valence-electron chi connectivity index (χ0n) is 53.7. The summed E-state index contributed by atoms with van der Waals surface area (Å²) >= 11 is 12.2. The normalized spacial score (nSPS) is 28.5. The monoisotopic (exact) mass is 1540 g/mol. The summed E-state index contributed by atoms with van der Waals surface area (Å²) in [5, 5.41) is 41.4. The van der Waals surface area contributed by atoms with Crippen LogP contribution < -0.4 is 22.9 Å². The largest absolute Gasteiger partial charge is 0.397 e. The summed E-state index contributed by atoms with van der Waals surface area (Å²) in [5.74, 6) is -0.0353. The predicted octanol–water partition coefficient (Wildman–Crippen LogP) is 8.30. The van der Waals surface area contributed by atoms with Crippen LogP contribution in [0.2, 0.25) is 0 Å². The molecule has 0 spiro atoms. The van der Waals surface area contributed by atoms with Gasteiger partial charge in [-0.3, -0.25) is 18.3 Å². The third kappa shape index (κ3) is 16.9. The van der Waals surface area contributed by atoms with Gasteiger partial charge < -0.3 is 62.3 Å². The lowest BCUT2D eigenvalue weighted by Crippen LogP contribution is -2.28. The fourth-order valence-electron chi connectivity index (χ4n) is 11.4. The molecular formula is C61H91BrClIN16O8P4. The minimum absolute atomic E-state index is 0.0353. The van der Waals surface area contributed by atoms with Gasteiger partial charge in [0.05, 0.1) is 99.5 Å². The molecule has 4 aliphatic rings. The van der Waals surface area contributed by atoms with E-state index in [2.05, 4.69) is 157 Å². The number of halogens is 3. The van der Waals surface area contributed by atoms with Crippen molar-refractivity contribution < 1.29 is 39.4 Å². The first kappa shape index (κ1) is 72.3. The van der Waals surface area contributed by atoms with Crippen molar-refractivity contribution in [3.05, 3.63) is 74.4 Å². The van der Waals surface area contributed by atoms with Crippen molar-refractivity contribution in [2.45, 2.75) is 120 Å². The van der Waals surface area contributed by atoms with Crippen LogP contribution in [0.15, 0.2) is 74.4 Å². The average Bonchev–Trinajstić information content (AvgIpc) is 1.65. The van der Waals surface area contributed by atoms with E-state index in [1.165, 1.54) is 0 Å². The number of pyridine rings is 4. The van der Waals surface area contributed by atoms with E-state index in [4.69, 9.17) is 53.5 Å². The summed E-state index contributed by atoms with van der Waals surface area (Å²) in [6, 6.07) is 6.88. The van der Waals surface area contributed by atoms with Crippen LogP contribution in [0.3, 0.4) is 0 Å². The zero-order valence-corrected chi connectivity index (χ0v) is 61.7. The number of nitrogen functional groups attached to an aromatic ring is 4. The maximum atomic E-state index is 10.5. The van der Waals surface area contributed by atoms with Gasteiger partial charge in [0.15, 0.2) is 41.3 Å². The second-order valence-electron chi connectivity index (χ2n) is 27.1. The third-order valence-corrected chi connectivity index (χ3v) is 25.4. The average molecular weight is 1540 g/mol. The highest BCUT2D eigenvalue weighted by Gasteiger charge is 2.47. The molecule has 16 atom stereocenters. The van der Waals surface area contributed by atoms with Crippen LogP contribution in [-0.2, 0) is 18.9 Å². The van der Waals surface area contributed by atoms with Gasteiger partial charge in [0.2, 0.25) is 0 Å². The van der Waals surface area contributed by atoms with E-state index in [9.17, 15) is 20.4 Å². The van der Waals surface area contributed by atoms with Gasteiger partial charge in [-0.1, -0.05) is 45.4 Å². The number of imidazole rings is 4. The first-order valence-corrected chi connectivity index (χ1v) is 45.2. The number of aliphatic hydroxyl groups is 4. The Bertz CT molecular complexity index is 3550. The quantitative estimate of drug-likeness (QED) is 0.0256. The standard InChI is InChI=1S/C16H25N4O2P.C15H22BrN4O2P.C15H22ClN4O2P.C15H22IN4O2P/c1-10-14(21)12(6-8-23(2,3)4)22-16(10)20-9-19-13-11(17)5-7-18-15(13)20;3*1-23(2,3)7-5-10-13(21)11(16)15(22-10)20-8-19-12-9(17)4-6-18-14(12)20/h5,7,9-10,12,14,16,21H,2,6,8H2,1,3-4H3,(H2,17,18);3*4,6,8,10-11,13,15,21H,1,5,7H2,2-3H3,(H2,17,18)/t10-,12-,14+,16-;3*10-,11-,13-,15-/m1111/s1. The van der Waals surface area contributed by atoms with E-state index in [0.29, 0.717) is 67.4 Å². The predicted molar refractivity (Wildman–Crippen MR) is 398 cm³/mol. The van der Waals surface area contributed by atoms with Crippen LogP contribution in [0.25, 0.3) is 44.7 Å². The highest BCUT2D eigenvalue weighted by molar-refractivity contribution is 14.1. The second-order valence-corrected chi connectivity index (χ2v) is 47.4. The number of hydrogen-bond donors (Lipinski definition) is 8. The smallest absolute Gasteiger partial charge is 0.164 e. The lowest BCUT2D eigenvalue weighted by Gasteiger charge is -2.19. The van der Waals surface area contributed by atoms with Gasteiger partial charge >= 0.3 is 0 Å². The van der Waals surface area contributed by atoms with Gasteiger partial charge in [0, 0.05) is 30.7 Å². The lowest BCUT2D eigenvalue weighted by atomic mass is 10.0. The van der Waals surface area contributed by atoms with Crippen molar-refractivity contribution in [2.24, 2.45) is 5.92 Å². The molecule has 0 saturated carbocycles. The topological polar surface area (TPSA) is 345 Å². The fourth-order valence-corrected chi connectivity index (χ4v) is 17.3. The molecule has 12 N–H and O–H groups in total. The van der Waals surface area contributed by atoms with E-state index in [0.717, 1.165) is 50.3 Å². The highest BCUT2D eigenvalue weighted by atomic mass is 127. The lowest BCUT2D eigenvalue weighted by molar-refractivity contribution is -0.0206. The molecule has 4 aliphatic heterocycles. The number of anilines is 4. The molecule has 4 fully saturated rings. The number of aromatic nitrogens is 12. The molecule has 0 unspecified atom stereocenters. The Morgan fingerprint density at radius 2 is 0.739 bits per heavy atom. The molecular weight excluding hydrogens is 1450 g/mol. The number of alkyl halides is 3. The van der Waals surface area contributed by atoms with E-state index < -0.39 is 63.6 Å². The summed E-state index contributed by atoms with van der Waals surface area (Å²) in [6.45, 7) is 14.9. The van der Waals surface area contributed by atoms with Crippen molar-refractivity contribution >= 4 is 170 Å². The number of nitrogens with two attached hydrogens (primary N) is 4. The first-order chi connectivity index (χ1) is 43.1. The van der Waals surface area contributed by atoms with E-state index in [1.54, 1.807) is 78.9 Å². The van der Waals surface area contributed by atoms with Gasteiger partial charge in [-0.15, -0.1) is 64.3 Å². The van der Waals surface area contributed by atoms with Gasteiger partial charge in [-0.25, -0.2) is 39.9 Å². The molecule has 12 rings (SSSR count). The summed E-state index contributed by atoms with van der Waals surface area (Å²) in [4.78, 5) is 34.5. The molecule has 0 radical (unpaired) electrons. The molecule has 8 aromatic rings. The first-order valence-electron chi connectivity index (χ1n) is 30.3. The molecule has 504 valence electrons. The Labute approximate surface area is 565 Å². The van der Waals surface area contributed by atoms with Crippen molar-refractivity contribution in [2.75, 3.05) is 101 Å². The molecule has 4 saturated heterocycles. The van der Waals surface area contributed by atoms with Gasteiger partial charge in [0.1, 0.15) is 39.8 Å². The molecule has 8 aromatic heterocycles. The van der Waals surface area contributed by atoms with Crippen molar-refractivity contribution in [1.82, 2.24) is 58.1 Å². The van der Waals surface area contributed by atoms with Gasteiger partial charge in [-0.05, 0) is 128 Å². The minimum atomic E-state index is -1.17. The Balaban J connectivity index is 0.000000145. The molecule has 0 aromatic carbocycles. The van der Waals surface area contributed by atoms with Gasteiger partial charge in [0.25, 0.3) is 0 Å². The Hall–Kier alpha value is -3.94. The molecule has 24 nitrogen and oxygen atoms in total. The van der Waals surface area contributed by atoms with Crippen molar-refractivity contribution in [3.8, 4) is 0 Å². The van der Waals surface area contributed by atoms with E-state index in [-0.39, 0.29) is 57.8 Å². The number of hydrogen-bond acceptors (Lipinski definition) is 20. The molecule has 31 heteroatoms. The number of nitrogens with zero attached hydrogens (tertiary/aromatic N) is 12. The highest BCUT2D eigenvalue weighted by Crippen LogP contribution is 2.46.